The Bertz CT molecular complexity index is 377. The number of carbonyl (C=O) groups is 1. The summed E-state index contributed by atoms with van der Waals surface area (Å²) in [5.74, 6) is 3.93. The first kappa shape index (κ1) is 20.7. The molecule has 0 aromatic heterocycles. The van der Waals surface area contributed by atoms with Crippen LogP contribution in [-0.2, 0) is 9.53 Å². The zero-order valence-electron chi connectivity index (χ0n) is 17.1. The molecule has 146 valence electrons. The predicted molar refractivity (Wildman–Crippen MR) is 104 cm³/mol. The summed E-state index contributed by atoms with van der Waals surface area (Å²) in [4.78, 5) is 14.1. The molecular weight excluding hydrogens is 310 g/mol. The van der Waals surface area contributed by atoms with Crippen LogP contribution in [0, 0.1) is 29.6 Å². The van der Waals surface area contributed by atoms with E-state index in [1.54, 1.807) is 0 Å². The van der Waals surface area contributed by atoms with Crippen LogP contribution in [0.15, 0.2) is 0 Å². The molecule has 1 saturated heterocycles. The maximum atomic E-state index is 12.0. The standard InChI is InChI=1S/C22H41NO2/c1-17(2)21-7-5-19(6-8-21)11-15-25-16-12-20-9-13-23(14-10-20)22(24)18(3)4/h17-21H,5-16H2,1-4H3. The lowest BCUT2D eigenvalue weighted by Gasteiger charge is -2.33. The summed E-state index contributed by atoms with van der Waals surface area (Å²) < 4.78 is 5.95. The lowest BCUT2D eigenvalue weighted by molar-refractivity contribution is -0.135. The number of hydrogen-bond acceptors (Lipinski definition) is 2. The van der Waals surface area contributed by atoms with Crippen LogP contribution in [0.2, 0.25) is 0 Å². The molecule has 0 bridgehead atoms. The molecule has 1 saturated carbocycles. The van der Waals surface area contributed by atoms with Crippen molar-refractivity contribution in [2.45, 2.75) is 79.1 Å². The number of carbonyl (C=O) groups excluding carboxylic acids is 1. The van der Waals surface area contributed by atoms with E-state index in [4.69, 9.17) is 4.74 Å². The topological polar surface area (TPSA) is 29.5 Å². The Labute approximate surface area is 155 Å². The van der Waals surface area contributed by atoms with E-state index in [0.717, 1.165) is 62.8 Å². The molecule has 2 fully saturated rings. The highest BCUT2D eigenvalue weighted by Gasteiger charge is 2.24. The van der Waals surface area contributed by atoms with Crippen LogP contribution in [0.3, 0.4) is 0 Å². The van der Waals surface area contributed by atoms with E-state index in [1.165, 1.54) is 38.5 Å². The van der Waals surface area contributed by atoms with Gasteiger partial charge >= 0.3 is 0 Å². The molecule has 3 heteroatoms. The Morgan fingerprint density at radius 2 is 1.40 bits per heavy atom. The van der Waals surface area contributed by atoms with E-state index in [0.29, 0.717) is 5.91 Å². The van der Waals surface area contributed by atoms with Gasteiger partial charge in [-0.15, -0.1) is 0 Å². The third kappa shape index (κ3) is 6.92. The molecular formula is C22H41NO2. The molecule has 1 aliphatic heterocycles. The fraction of sp³-hybridized carbons (Fsp3) is 0.955. The summed E-state index contributed by atoms with van der Waals surface area (Å²) in [5, 5.41) is 0. The average molecular weight is 352 g/mol. The van der Waals surface area contributed by atoms with Gasteiger partial charge in [0.1, 0.15) is 0 Å². The Morgan fingerprint density at radius 3 is 1.88 bits per heavy atom. The van der Waals surface area contributed by atoms with E-state index in [-0.39, 0.29) is 5.92 Å². The lowest BCUT2D eigenvalue weighted by atomic mass is 9.76. The second-order valence-corrected chi connectivity index (χ2v) is 9.14. The lowest BCUT2D eigenvalue weighted by Crippen LogP contribution is -2.40. The van der Waals surface area contributed by atoms with Crippen molar-refractivity contribution in [1.29, 1.82) is 0 Å². The highest BCUT2D eigenvalue weighted by Crippen LogP contribution is 2.34. The molecule has 0 spiro atoms. The number of hydrogen-bond donors (Lipinski definition) is 0. The number of amides is 1. The zero-order chi connectivity index (χ0) is 18.2. The molecule has 0 atom stereocenters. The van der Waals surface area contributed by atoms with E-state index < -0.39 is 0 Å². The maximum Gasteiger partial charge on any atom is 0.225 e. The normalized spacial score (nSPS) is 25.8. The molecule has 0 N–H and O–H groups in total. The second-order valence-electron chi connectivity index (χ2n) is 9.14. The van der Waals surface area contributed by atoms with Crippen molar-refractivity contribution in [2.24, 2.45) is 29.6 Å². The third-order valence-electron chi connectivity index (χ3n) is 6.60. The summed E-state index contributed by atoms with van der Waals surface area (Å²) in [6, 6.07) is 0. The Balaban J connectivity index is 1.48. The quantitative estimate of drug-likeness (QED) is 0.567. The molecule has 0 aromatic carbocycles. The molecule has 2 aliphatic rings. The molecule has 1 heterocycles. The maximum absolute atomic E-state index is 12.0. The first-order valence-electron chi connectivity index (χ1n) is 10.8. The van der Waals surface area contributed by atoms with E-state index in [1.807, 2.05) is 13.8 Å². The van der Waals surface area contributed by atoms with Crippen molar-refractivity contribution < 1.29 is 9.53 Å². The molecule has 1 amide bonds. The molecule has 3 nitrogen and oxygen atoms in total. The van der Waals surface area contributed by atoms with Crippen molar-refractivity contribution in [3.8, 4) is 0 Å². The van der Waals surface area contributed by atoms with Crippen molar-refractivity contribution in [3.05, 3.63) is 0 Å². The molecule has 1 aliphatic carbocycles. The smallest absolute Gasteiger partial charge is 0.225 e. The number of piperidine rings is 1. The fourth-order valence-electron chi connectivity index (χ4n) is 4.55. The van der Waals surface area contributed by atoms with Crippen molar-refractivity contribution >= 4 is 5.91 Å². The average Bonchev–Trinajstić information content (AvgIpc) is 2.61. The minimum atomic E-state index is 0.135. The van der Waals surface area contributed by atoms with Crippen LogP contribution in [-0.4, -0.2) is 37.1 Å². The fourth-order valence-corrected chi connectivity index (χ4v) is 4.55. The van der Waals surface area contributed by atoms with Gasteiger partial charge in [-0.05, 0) is 62.2 Å². The number of likely N-dealkylation sites (tertiary alicyclic amines) is 1. The van der Waals surface area contributed by atoms with Gasteiger partial charge in [0.25, 0.3) is 0 Å². The molecule has 25 heavy (non-hydrogen) atoms. The van der Waals surface area contributed by atoms with Crippen molar-refractivity contribution in [1.82, 2.24) is 4.90 Å². The molecule has 0 radical (unpaired) electrons. The van der Waals surface area contributed by atoms with E-state index >= 15 is 0 Å². The largest absolute Gasteiger partial charge is 0.381 e. The predicted octanol–water partition coefficient (Wildman–Crippen LogP) is 5.14. The minimum absolute atomic E-state index is 0.135. The number of ether oxygens (including phenoxy) is 1. The first-order valence-corrected chi connectivity index (χ1v) is 10.8. The van der Waals surface area contributed by atoms with Crippen LogP contribution >= 0.6 is 0 Å². The number of nitrogens with zero attached hydrogens (tertiary/aromatic N) is 1. The van der Waals surface area contributed by atoms with Crippen molar-refractivity contribution in [3.63, 3.8) is 0 Å². The zero-order valence-corrected chi connectivity index (χ0v) is 17.1. The highest BCUT2D eigenvalue weighted by molar-refractivity contribution is 5.78. The van der Waals surface area contributed by atoms with E-state index in [2.05, 4.69) is 18.7 Å². The van der Waals surface area contributed by atoms with Gasteiger partial charge in [0.15, 0.2) is 0 Å². The summed E-state index contributed by atoms with van der Waals surface area (Å²) >= 11 is 0. The SMILES string of the molecule is CC(C)C(=O)N1CCC(CCOCCC2CCC(C(C)C)CC2)CC1. The first-order chi connectivity index (χ1) is 12.0. The van der Waals surface area contributed by atoms with Gasteiger partial charge in [-0.1, -0.05) is 40.5 Å². The Kier molecular flexibility index (Phi) is 8.75. The van der Waals surface area contributed by atoms with Gasteiger partial charge in [-0.25, -0.2) is 0 Å². The van der Waals surface area contributed by atoms with Crippen LogP contribution < -0.4 is 0 Å². The van der Waals surface area contributed by atoms with Gasteiger partial charge in [0.05, 0.1) is 0 Å². The van der Waals surface area contributed by atoms with Gasteiger partial charge in [-0.3, -0.25) is 4.79 Å². The van der Waals surface area contributed by atoms with Crippen LogP contribution in [0.4, 0.5) is 0 Å². The van der Waals surface area contributed by atoms with E-state index in [9.17, 15) is 4.79 Å². The molecule has 2 rings (SSSR count). The number of rotatable bonds is 8. The van der Waals surface area contributed by atoms with Crippen molar-refractivity contribution in [2.75, 3.05) is 26.3 Å². The summed E-state index contributed by atoms with van der Waals surface area (Å²) in [6.07, 6.45) is 10.4. The monoisotopic (exact) mass is 351 g/mol. The van der Waals surface area contributed by atoms with Gasteiger partial charge < -0.3 is 9.64 Å². The third-order valence-corrected chi connectivity index (χ3v) is 6.60. The van der Waals surface area contributed by atoms with Crippen LogP contribution in [0.5, 0.6) is 0 Å². The van der Waals surface area contributed by atoms with Gasteiger partial charge in [0, 0.05) is 32.2 Å². The minimum Gasteiger partial charge on any atom is -0.381 e. The summed E-state index contributed by atoms with van der Waals surface area (Å²) in [5.41, 5.74) is 0. The highest BCUT2D eigenvalue weighted by atomic mass is 16.5. The molecule has 0 aromatic rings. The Hall–Kier alpha value is -0.570. The summed E-state index contributed by atoms with van der Waals surface area (Å²) in [6.45, 7) is 12.5. The summed E-state index contributed by atoms with van der Waals surface area (Å²) in [7, 11) is 0. The Morgan fingerprint density at radius 1 is 0.880 bits per heavy atom. The van der Waals surface area contributed by atoms with Gasteiger partial charge in [-0.2, -0.15) is 0 Å². The molecule has 0 unspecified atom stereocenters. The second kappa shape index (κ2) is 10.5. The van der Waals surface area contributed by atoms with Crippen LogP contribution in [0.25, 0.3) is 0 Å². The van der Waals surface area contributed by atoms with Crippen LogP contribution in [0.1, 0.15) is 79.1 Å². The van der Waals surface area contributed by atoms with Gasteiger partial charge in [0.2, 0.25) is 5.91 Å².